The quantitative estimate of drug-likeness (QED) is 0.475. The van der Waals surface area contributed by atoms with Gasteiger partial charge in [-0.2, -0.15) is 0 Å². The number of ether oxygens (including phenoxy) is 1. The van der Waals surface area contributed by atoms with Crippen molar-refractivity contribution in [3.8, 4) is 5.75 Å². The average molecular weight is 272 g/mol. The lowest BCUT2D eigenvalue weighted by atomic mass is 10.1. The molecule has 0 unspecified atom stereocenters. The molecule has 0 aliphatic heterocycles. The van der Waals surface area contributed by atoms with Crippen molar-refractivity contribution >= 4 is 12.1 Å². The van der Waals surface area contributed by atoms with Gasteiger partial charge in [0.05, 0.1) is 0 Å². The summed E-state index contributed by atoms with van der Waals surface area (Å²) in [7, 11) is 0. The van der Waals surface area contributed by atoms with Gasteiger partial charge >= 0.3 is 0 Å². The summed E-state index contributed by atoms with van der Waals surface area (Å²) < 4.78 is 5.60. The van der Waals surface area contributed by atoms with Crippen molar-refractivity contribution in [3.05, 3.63) is 65.2 Å². The fourth-order valence-corrected chi connectivity index (χ4v) is 1.63. The molecule has 2 aromatic rings. The Morgan fingerprint density at radius 2 is 1.65 bits per heavy atom. The molecule has 2 N–H and O–H groups in total. The van der Waals surface area contributed by atoms with Gasteiger partial charge in [0.1, 0.15) is 12.4 Å². The van der Waals surface area contributed by atoms with Crippen LogP contribution in [0.3, 0.4) is 0 Å². The normalized spacial score (nSPS) is 9.45. The lowest BCUT2D eigenvalue weighted by Crippen LogP contribution is -2.00. The van der Waals surface area contributed by atoms with E-state index in [1.807, 2.05) is 31.2 Å². The van der Waals surface area contributed by atoms with E-state index in [1.165, 1.54) is 5.56 Å². The molecule has 4 nitrogen and oxygen atoms in total. The van der Waals surface area contributed by atoms with Crippen LogP contribution < -0.4 is 4.74 Å². The minimum Gasteiger partial charge on any atom is -0.489 e. The molecular formula is C16H16O4. The number of hydrogen-bond acceptors (Lipinski definition) is 3. The molecule has 0 amide bonds. The molecule has 20 heavy (non-hydrogen) atoms. The van der Waals surface area contributed by atoms with Crippen LogP contribution in [0.2, 0.25) is 0 Å². The zero-order valence-corrected chi connectivity index (χ0v) is 11.1. The maximum atomic E-state index is 11.1. The molecule has 0 saturated carbocycles. The summed E-state index contributed by atoms with van der Waals surface area (Å²) in [5.74, 6) is 0.146. The van der Waals surface area contributed by atoms with E-state index in [4.69, 9.17) is 4.74 Å². The Labute approximate surface area is 117 Å². The van der Waals surface area contributed by atoms with E-state index < -0.39 is 5.78 Å². The predicted molar refractivity (Wildman–Crippen MR) is 76.0 cm³/mol. The zero-order chi connectivity index (χ0) is 13.7. The summed E-state index contributed by atoms with van der Waals surface area (Å²) in [6, 6.07) is 14.6. The maximum Gasteiger partial charge on any atom is 0.225 e. The Morgan fingerprint density at radius 3 is 2.20 bits per heavy atom. The Hall–Kier alpha value is -2.46. The molecule has 0 spiro atoms. The summed E-state index contributed by atoms with van der Waals surface area (Å²) in [5, 5.41) is 0. The summed E-state index contributed by atoms with van der Waals surface area (Å²) >= 11 is 0. The van der Waals surface area contributed by atoms with Crippen molar-refractivity contribution in [3.63, 3.8) is 0 Å². The second kappa shape index (κ2) is 7.21. The number of rotatable bonds is 5. The Bertz CT molecular complexity index is 570. The topological polar surface area (TPSA) is 74.9 Å². The summed E-state index contributed by atoms with van der Waals surface area (Å²) in [4.78, 5) is 21.5. The number of hydrogen-bond donors (Lipinski definition) is 0. The molecule has 0 bridgehead atoms. The van der Waals surface area contributed by atoms with E-state index in [9.17, 15) is 9.59 Å². The third kappa shape index (κ3) is 4.03. The third-order valence-electron chi connectivity index (χ3n) is 2.77. The number of aryl methyl sites for hydroxylation is 1. The van der Waals surface area contributed by atoms with Gasteiger partial charge in [-0.05, 0) is 36.8 Å². The second-order valence-electron chi connectivity index (χ2n) is 4.28. The Balaban J connectivity index is 0.00000200. The van der Waals surface area contributed by atoms with Gasteiger partial charge in [0, 0.05) is 5.56 Å². The first-order valence-electron chi connectivity index (χ1n) is 5.97. The molecule has 104 valence electrons. The lowest BCUT2D eigenvalue weighted by Gasteiger charge is -2.06. The van der Waals surface area contributed by atoms with Crippen molar-refractivity contribution in [1.82, 2.24) is 0 Å². The summed E-state index contributed by atoms with van der Waals surface area (Å²) in [6.45, 7) is 2.51. The zero-order valence-electron chi connectivity index (χ0n) is 11.1. The van der Waals surface area contributed by atoms with Gasteiger partial charge in [-0.25, -0.2) is 0 Å². The third-order valence-corrected chi connectivity index (χ3v) is 2.77. The maximum absolute atomic E-state index is 11.1. The Kier molecular flexibility index (Phi) is 5.62. The first-order valence-corrected chi connectivity index (χ1v) is 5.97. The standard InChI is InChI=1S/C16H14O3.H2O/c1-12-2-4-13(5-3-12)11-19-15-8-6-14(7-9-15)16(18)10-17;/h2-10H,11H2,1H3;1H2. The number of aldehydes is 1. The number of carbonyl (C=O) groups is 2. The molecule has 0 aliphatic carbocycles. The average Bonchev–Trinajstić information content (AvgIpc) is 2.46. The van der Waals surface area contributed by atoms with Crippen LogP contribution in [-0.2, 0) is 11.4 Å². The van der Waals surface area contributed by atoms with E-state index in [0.29, 0.717) is 24.2 Å². The van der Waals surface area contributed by atoms with Crippen LogP contribution in [0.1, 0.15) is 21.5 Å². The smallest absolute Gasteiger partial charge is 0.225 e. The molecule has 0 saturated heterocycles. The van der Waals surface area contributed by atoms with Crippen LogP contribution in [0.5, 0.6) is 5.75 Å². The van der Waals surface area contributed by atoms with Crippen LogP contribution in [0, 0.1) is 6.92 Å². The van der Waals surface area contributed by atoms with Crippen molar-refractivity contribution < 1.29 is 19.8 Å². The highest BCUT2D eigenvalue weighted by Crippen LogP contribution is 2.14. The molecule has 2 aromatic carbocycles. The van der Waals surface area contributed by atoms with E-state index >= 15 is 0 Å². The molecular weight excluding hydrogens is 256 g/mol. The molecule has 0 radical (unpaired) electrons. The molecule has 0 heterocycles. The van der Waals surface area contributed by atoms with Gasteiger partial charge in [0.15, 0.2) is 6.29 Å². The van der Waals surface area contributed by atoms with Gasteiger partial charge in [-0.3, -0.25) is 9.59 Å². The fraction of sp³-hybridized carbons (Fsp3) is 0.125. The monoisotopic (exact) mass is 272 g/mol. The molecule has 0 atom stereocenters. The van der Waals surface area contributed by atoms with Crippen molar-refractivity contribution in [2.75, 3.05) is 0 Å². The highest BCUT2D eigenvalue weighted by molar-refractivity contribution is 6.33. The summed E-state index contributed by atoms with van der Waals surface area (Å²) in [5.41, 5.74) is 2.66. The van der Waals surface area contributed by atoms with E-state index in [1.54, 1.807) is 24.3 Å². The van der Waals surface area contributed by atoms with Gasteiger partial charge in [-0.15, -0.1) is 0 Å². The van der Waals surface area contributed by atoms with Crippen LogP contribution in [-0.4, -0.2) is 17.5 Å². The first-order chi connectivity index (χ1) is 9.19. The SMILES string of the molecule is Cc1ccc(COc2ccc(C(=O)C=O)cc2)cc1.O. The minimum absolute atomic E-state index is 0. The van der Waals surface area contributed by atoms with Crippen molar-refractivity contribution in [2.24, 2.45) is 0 Å². The van der Waals surface area contributed by atoms with Crippen molar-refractivity contribution in [1.29, 1.82) is 0 Å². The first kappa shape index (κ1) is 15.6. The van der Waals surface area contributed by atoms with Crippen LogP contribution in [0.15, 0.2) is 48.5 Å². The van der Waals surface area contributed by atoms with Gasteiger partial charge < -0.3 is 10.2 Å². The molecule has 0 aliphatic rings. The predicted octanol–water partition coefficient (Wildman–Crippen LogP) is 2.13. The highest BCUT2D eigenvalue weighted by Gasteiger charge is 2.03. The van der Waals surface area contributed by atoms with Crippen LogP contribution >= 0.6 is 0 Å². The van der Waals surface area contributed by atoms with Crippen molar-refractivity contribution in [2.45, 2.75) is 13.5 Å². The number of ketones is 1. The van der Waals surface area contributed by atoms with Gasteiger partial charge in [0.25, 0.3) is 0 Å². The Morgan fingerprint density at radius 1 is 1.05 bits per heavy atom. The largest absolute Gasteiger partial charge is 0.489 e. The summed E-state index contributed by atoms with van der Waals surface area (Å²) in [6.07, 6.45) is 0.308. The number of carbonyl (C=O) groups excluding carboxylic acids is 2. The fourth-order valence-electron chi connectivity index (χ4n) is 1.63. The number of benzene rings is 2. The molecule has 4 heteroatoms. The van der Waals surface area contributed by atoms with Crippen LogP contribution in [0.4, 0.5) is 0 Å². The molecule has 0 aromatic heterocycles. The van der Waals surface area contributed by atoms with Gasteiger partial charge in [-0.1, -0.05) is 29.8 Å². The highest BCUT2D eigenvalue weighted by atomic mass is 16.5. The van der Waals surface area contributed by atoms with Gasteiger partial charge in [0.2, 0.25) is 5.78 Å². The lowest BCUT2D eigenvalue weighted by molar-refractivity contribution is -0.104. The van der Waals surface area contributed by atoms with E-state index in [0.717, 1.165) is 5.56 Å². The van der Waals surface area contributed by atoms with E-state index in [2.05, 4.69) is 0 Å². The molecule has 0 fully saturated rings. The minimum atomic E-state index is -0.523. The number of Topliss-reactive ketones (excluding diaryl/α,β-unsaturated/α-hetero) is 1. The second-order valence-corrected chi connectivity index (χ2v) is 4.28. The van der Waals surface area contributed by atoms with E-state index in [-0.39, 0.29) is 5.48 Å². The van der Waals surface area contributed by atoms with Crippen LogP contribution in [0.25, 0.3) is 0 Å². The molecule has 2 rings (SSSR count).